The van der Waals surface area contributed by atoms with Gasteiger partial charge in [0, 0.05) is 24.2 Å². The monoisotopic (exact) mass is 742 g/mol. The average molecular weight is 743 g/mol. The van der Waals surface area contributed by atoms with Crippen LogP contribution in [0, 0.1) is 11.6 Å². The summed E-state index contributed by atoms with van der Waals surface area (Å²) in [6.07, 6.45) is 2.95. The van der Waals surface area contributed by atoms with Crippen molar-refractivity contribution in [1.29, 1.82) is 0 Å². The molecule has 4 aromatic rings. The minimum absolute atomic E-state index is 0.210. The van der Waals surface area contributed by atoms with E-state index in [1.807, 2.05) is 24.3 Å². The molecule has 0 amide bonds. The molecule has 0 atom stereocenters. The zero-order valence-corrected chi connectivity index (χ0v) is 30.1. The fraction of sp³-hybridized carbons (Fsp3) is 0.364. The largest absolute Gasteiger partial charge is 0.490 e. The zero-order chi connectivity index (χ0) is 37.2. The Morgan fingerprint density at radius 1 is 0.593 bits per heavy atom. The number of hydrogen-bond acceptors (Lipinski definition) is 5. The van der Waals surface area contributed by atoms with Crippen LogP contribution in [0.3, 0.4) is 0 Å². The minimum Gasteiger partial charge on any atom is -0.490 e. The fourth-order valence-corrected chi connectivity index (χ4v) is 7.79. The van der Waals surface area contributed by atoms with Crippen LogP contribution in [0.5, 0.6) is 17.2 Å². The summed E-state index contributed by atoms with van der Waals surface area (Å²) in [5.74, 6) is 1.60. The minimum atomic E-state index is -4.44. The molecule has 0 aromatic heterocycles. The number of fused-ring (bicyclic) bond motifs is 2. The summed E-state index contributed by atoms with van der Waals surface area (Å²) in [4.78, 5) is 4.76. The number of alkyl halides is 3. The van der Waals surface area contributed by atoms with Gasteiger partial charge in [-0.15, -0.1) is 0 Å². The molecular weight excluding hydrogens is 699 g/mol. The van der Waals surface area contributed by atoms with Crippen molar-refractivity contribution < 1.29 is 36.2 Å². The maximum absolute atomic E-state index is 13.5. The summed E-state index contributed by atoms with van der Waals surface area (Å²) in [6.45, 7) is 6.66. The SMILES string of the molecule is Fc1ccc(C2=C(CN3CCCC3)COc3ccc(C(F)(F)F)cc32)cc1.Fc1ccc(C2=C(CN3CCCC3)COc3ccc(OC4CC4)cc32)cc1. The summed E-state index contributed by atoms with van der Waals surface area (Å²) in [7, 11) is 0. The van der Waals surface area contributed by atoms with Crippen molar-refractivity contribution in [2.75, 3.05) is 52.5 Å². The Kier molecular flexibility index (Phi) is 10.5. The highest BCUT2D eigenvalue weighted by molar-refractivity contribution is 5.88. The number of likely N-dealkylation sites (tertiary alicyclic amines) is 2. The van der Waals surface area contributed by atoms with Gasteiger partial charge in [-0.05, 0) is 159 Å². The van der Waals surface area contributed by atoms with E-state index in [2.05, 4.69) is 15.9 Å². The molecule has 4 aromatic carbocycles. The van der Waals surface area contributed by atoms with Crippen molar-refractivity contribution in [2.24, 2.45) is 0 Å². The van der Waals surface area contributed by atoms with Crippen LogP contribution >= 0.6 is 0 Å². The van der Waals surface area contributed by atoms with Crippen molar-refractivity contribution in [2.45, 2.75) is 50.8 Å². The number of hydrogen-bond donors (Lipinski definition) is 0. The van der Waals surface area contributed by atoms with Crippen molar-refractivity contribution in [3.63, 3.8) is 0 Å². The molecule has 1 saturated carbocycles. The number of benzene rings is 4. The van der Waals surface area contributed by atoms with Crippen LogP contribution in [0.4, 0.5) is 22.0 Å². The Labute approximate surface area is 312 Å². The van der Waals surface area contributed by atoms with Gasteiger partial charge in [-0.1, -0.05) is 24.3 Å². The molecule has 4 aliphatic heterocycles. The molecule has 4 heterocycles. The van der Waals surface area contributed by atoms with E-state index >= 15 is 0 Å². The molecule has 0 N–H and O–H groups in total. The molecule has 0 unspecified atom stereocenters. The van der Waals surface area contributed by atoms with Crippen molar-refractivity contribution in [1.82, 2.24) is 9.80 Å². The summed E-state index contributed by atoms with van der Waals surface area (Å²) in [5, 5.41) is 0. The third-order valence-electron chi connectivity index (χ3n) is 10.6. The quantitative estimate of drug-likeness (QED) is 0.168. The normalized spacial score (nSPS) is 18.8. The number of nitrogens with zero attached hydrogens (tertiary/aromatic N) is 2. The molecule has 0 bridgehead atoms. The van der Waals surface area contributed by atoms with Crippen LogP contribution in [-0.2, 0) is 6.18 Å². The van der Waals surface area contributed by atoms with Gasteiger partial charge in [-0.2, -0.15) is 13.2 Å². The van der Waals surface area contributed by atoms with E-state index in [0.29, 0.717) is 48.3 Å². The zero-order valence-electron chi connectivity index (χ0n) is 30.1. The molecule has 54 heavy (non-hydrogen) atoms. The van der Waals surface area contributed by atoms with E-state index < -0.39 is 11.7 Å². The predicted molar refractivity (Wildman–Crippen MR) is 199 cm³/mol. The molecular formula is C44H43F5N2O3. The molecule has 3 fully saturated rings. The molecule has 2 saturated heterocycles. The summed E-state index contributed by atoms with van der Waals surface area (Å²) < 4.78 is 84.5. The number of ether oxygens (including phenoxy) is 3. The Morgan fingerprint density at radius 3 is 1.52 bits per heavy atom. The number of halogens is 5. The van der Waals surface area contributed by atoms with E-state index in [-0.39, 0.29) is 11.6 Å². The molecule has 282 valence electrons. The van der Waals surface area contributed by atoms with Gasteiger partial charge in [0.05, 0.1) is 11.7 Å². The first kappa shape index (κ1) is 36.3. The van der Waals surface area contributed by atoms with Gasteiger partial charge in [0.2, 0.25) is 0 Å². The summed E-state index contributed by atoms with van der Waals surface area (Å²) in [5.41, 5.74) is 6.57. The second-order valence-electron chi connectivity index (χ2n) is 14.7. The van der Waals surface area contributed by atoms with Crippen LogP contribution in [0.1, 0.15) is 66.3 Å². The molecule has 5 aliphatic rings. The highest BCUT2D eigenvalue weighted by atomic mass is 19.4. The predicted octanol–water partition coefficient (Wildman–Crippen LogP) is 9.79. The van der Waals surface area contributed by atoms with Crippen LogP contribution < -0.4 is 14.2 Å². The van der Waals surface area contributed by atoms with Crippen LogP contribution in [0.2, 0.25) is 0 Å². The van der Waals surface area contributed by atoms with E-state index in [9.17, 15) is 22.0 Å². The maximum Gasteiger partial charge on any atom is 0.416 e. The van der Waals surface area contributed by atoms with Crippen molar-refractivity contribution in [3.05, 3.63) is 136 Å². The van der Waals surface area contributed by atoms with Gasteiger partial charge >= 0.3 is 6.18 Å². The smallest absolute Gasteiger partial charge is 0.416 e. The van der Waals surface area contributed by atoms with Gasteiger partial charge in [0.25, 0.3) is 0 Å². The molecule has 5 nitrogen and oxygen atoms in total. The van der Waals surface area contributed by atoms with Gasteiger partial charge < -0.3 is 14.2 Å². The van der Waals surface area contributed by atoms with Gasteiger partial charge in [-0.25, -0.2) is 8.78 Å². The van der Waals surface area contributed by atoms with E-state index in [1.54, 1.807) is 12.1 Å². The van der Waals surface area contributed by atoms with Crippen LogP contribution in [0.15, 0.2) is 96.1 Å². The van der Waals surface area contributed by atoms with E-state index in [0.717, 1.165) is 98.7 Å². The third-order valence-corrected chi connectivity index (χ3v) is 10.6. The van der Waals surface area contributed by atoms with E-state index in [4.69, 9.17) is 14.2 Å². The second kappa shape index (κ2) is 15.6. The molecule has 0 spiro atoms. The third kappa shape index (κ3) is 8.35. The van der Waals surface area contributed by atoms with Crippen LogP contribution in [-0.4, -0.2) is 68.4 Å². The van der Waals surface area contributed by atoms with Crippen molar-refractivity contribution >= 4 is 11.1 Å². The first-order valence-electron chi connectivity index (χ1n) is 18.9. The summed E-state index contributed by atoms with van der Waals surface area (Å²) in [6, 6.07) is 22.3. The number of rotatable bonds is 8. The lowest BCUT2D eigenvalue weighted by molar-refractivity contribution is -0.137. The average Bonchev–Trinajstić information content (AvgIpc) is 3.56. The first-order valence-corrected chi connectivity index (χ1v) is 18.9. The summed E-state index contributed by atoms with van der Waals surface area (Å²) >= 11 is 0. The van der Waals surface area contributed by atoms with Gasteiger partial charge in [0.15, 0.2) is 0 Å². The Hall–Kier alpha value is -4.67. The lowest BCUT2D eigenvalue weighted by atomic mass is 9.89. The molecule has 1 aliphatic carbocycles. The van der Waals surface area contributed by atoms with Gasteiger partial charge in [0.1, 0.15) is 42.1 Å². The van der Waals surface area contributed by atoms with Crippen LogP contribution in [0.25, 0.3) is 11.1 Å². The Morgan fingerprint density at radius 2 is 1.06 bits per heavy atom. The Balaban J connectivity index is 0.000000153. The van der Waals surface area contributed by atoms with E-state index in [1.165, 1.54) is 54.3 Å². The van der Waals surface area contributed by atoms with Gasteiger partial charge in [-0.3, -0.25) is 9.80 Å². The van der Waals surface area contributed by atoms with Crippen molar-refractivity contribution in [3.8, 4) is 17.2 Å². The molecule has 10 heteroatoms. The Bertz CT molecular complexity index is 2020. The fourth-order valence-electron chi connectivity index (χ4n) is 7.79. The standard InChI is InChI=1S/C23H24FNO2.C21H19F4NO/c24-18-5-3-16(4-6-18)23-17(14-25-11-1-2-12-25)15-26-22-10-9-20(13-21(22)23)27-19-7-8-19;22-17-6-3-14(4-7-17)20-15(12-26-9-1-2-10-26)13-27-19-8-5-16(11-18(19)20)21(23,24)25/h3-6,9-10,13,19H,1-2,7-8,11-12,14-15H2;3-8,11H,1-2,9-10,12-13H2. The topological polar surface area (TPSA) is 34.2 Å². The highest BCUT2D eigenvalue weighted by Gasteiger charge is 2.33. The molecule has 0 radical (unpaired) electrons. The molecule has 9 rings (SSSR count). The highest BCUT2D eigenvalue weighted by Crippen LogP contribution is 2.43. The second-order valence-corrected chi connectivity index (χ2v) is 14.7. The first-order chi connectivity index (χ1) is 26.2. The maximum atomic E-state index is 13.5. The lowest BCUT2D eigenvalue weighted by Crippen LogP contribution is -2.27. The lowest BCUT2D eigenvalue weighted by Gasteiger charge is -2.28.